The van der Waals surface area contributed by atoms with Crippen molar-refractivity contribution < 1.29 is 14.3 Å². The maximum Gasteiger partial charge on any atom is 0.410 e. The number of rotatable bonds is 12. The predicted molar refractivity (Wildman–Crippen MR) is 158 cm³/mol. The molecule has 190 valence electrons. The molecule has 0 saturated carbocycles. The van der Waals surface area contributed by atoms with Crippen LogP contribution in [0.25, 0.3) is 0 Å². The Morgan fingerprint density at radius 2 is 1.42 bits per heavy atom. The lowest BCUT2D eigenvalue weighted by atomic mass is 10.0. The Kier molecular flexibility index (Phi) is 11.2. The van der Waals surface area contributed by atoms with Crippen molar-refractivity contribution in [2.75, 3.05) is 26.0 Å². The second-order valence-electron chi connectivity index (χ2n) is 12.0. The smallest absolute Gasteiger partial charge is 0.410 e. The fraction of sp³-hybridized carbons (Fsp3) is 0.708. The summed E-state index contributed by atoms with van der Waals surface area (Å²) in [6, 6.07) is 10.1. The van der Waals surface area contributed by atoms with E-state index in [2.05, 4.69) is 89.2 Å². The molecule has 0 fully saturated rings. The van der Waals surface area contributed by atoms with Crippen molar-refractivity contribution in [2.45, 2.75) is 84.9 Å². The third-order valence-electron chi connectivity index (χ3n) is 6.63. The SMILES string of the molecule is CCOC(=O)N(CCS[Si]([Si](C)(C)C)([Si](C)(C)C)[Si](C)(C)C)[C@@H](C)[C@@H](OC)c1ccccc1. The summed E-state index contributed by atoms with van der Waals surface area (Å²) in [5.74, 6) is -0.546. The van der Waals surface area contributed by atoms with E-state index in [0.717, 1.165) is 11.3 Å². The van der Waals surface area contributed by atoms with Crippen LogP contribution in [0.1, 0.15) is 25.5 Å². The zero-order valence-corrected chi connectivity index (χ0v) is 28.1. The third-order valence-corrected chi connectivity index (χ3v) is 95.6. The summed E-state index contributed by atoms with van der Waals surface area (Å²) in [6.07, 6.45) is -0.418. The van der Waals surface area contributed by atoms with Crippen LogP contribution in [0.3, 0.4) is 0 Å². The van der Waals surface area contributed by atoms with Crippen molar-refractivity contribution in [1.82, 2.24) is 4.90 Å². The zero-order valence-electron chi connectivity index (χ0n) is 23.2. The summed E-state index contributed by atoms with van der Waals surface area (Å²) in [6.45, 7) is 28.6. The molecule has 1 rings (SSSR count). The van der Waals surface area contributed by atoms with Gasteiger partial charge in [-0.25, -0.2) is 4.79 Å². The molecule has 9 heteroatoms. The maximum absolute atomic E-state index is 13.1. The molecule has 1 aromatic carbocycles. The molecule has 0 heterocycles. The molecule has 33 heavy (non-hydrogen) atoms. The minimum Gasteiger partial charge on any atom is -0.450 e. The number of ether oxygens (including phenoxy) is 2. The van der Waals surface area contributed by atoms with E-state index in [1.807, 2.05) is 30.0 Å². The lowest BCUT2D eigenvalue weighted by Crippen LogP contribution is -2.81. The van der Waals surface area contributed by atoms with E-state index in [1.165, 1.54) is 0 Å². The van der Waals surface area contributed by atoms with E-state index >= 15 is 0 Å². The summed E-state index contributed by atoms with van der Waals surface area (Å²) in [5.41, 5.74) is 1.09. The second-order valence-corrected chi connectivity index (χ2v) is 58.3. The molecule has 0 spiro atoms. The van der Waals surface area contributed by atoms with Crippen LogP contribution >= 0.6 is 11.2 Å². The van der Waals surface area contributed by atoms with Gasteiger partial charge in [0.05, 0.1) is 18.4 Å². The molecule has 0 N–H and O–H groups in total. The van der Waals surface area contributed by atoms with Crippen LogP contribution in [-0.4, -0.2) is 71.6 Å². The molecule has 0 aliphatic rings. The number of hydrogen-bond acceptors (Lipinski definition) is 4. The normalized spacial score (nSPS) is 15.2. The molecule has 0 bridgehead atoms. The molecule has 2 atom stereocenters. The summed E-state index contributed by atoms with van der Waals surface area (Å²) in [5, 5.41) is 0. The van der Waals surface area contributed by atoms with E-state index in [9.17, 15) is 4.79 Å². The second kappa shape index (κ2) is 12.1. The Morgan fingerprint density at radius 1 is 0.939 bits per heavy atom. The highest BCUT2D eigenvalue weighted by molar-refractivity contribution is 8.50. The van der Waals surface area contributed by atoms with Crippen molar-refractivity contribution in [1.29, 1.82) is 0 Å². The Hall–Kier alpha value is -0.332. The average molecular weight is 544 g/mol. The number of benzene rings is 1. The molecule has 0 radical (unpaired) electrons. The number of amides is 1. The average Bonchev–Trinajstić information content (AvgIpc) is 2.66. The van der Waals surface area contributed by atoms with Crippen molar-refractivity contribution in [3.05, 3.63) is 35.9 Å². The molecule has 0 unspecified atom stereocenters. The zero-order chi connectivity index (χ0) is 25.7. The van der Waals surface area contributed by atoms with Gasteiger partial charge in [0.2, 0.25) is 0 Å². The highest BCUT2D eigenvalue weighted by Gasteiger charge is 2.62. The summed E-state index contributed by atoms with van der Waals surface area (Å²) >= 11 is 2.32. The van der Waals surface area contributed by atoms with Gasteiger partial charge in [-0.05, 0) is 19.4 Å². The van der Waals surface area contributed by atoms with Gasteiger partial charge < -0.3 is 14.4 Å². The minimum absolute atomic E-state index is 0.112. The van der Waals surface area contributed by atoms with E-state index in [-0.39, 0.29) is 18.2 Å². The number of hydrogen-bond donors (Lipinski definition) is 0. The number of methoxy groups -OCH3 is 1. The largest absolute Gasteiger partial charge is 0.450 e. The van der Waals surface area contributed by atoms with Gasteiger partial charge in [-0.1, -0.05) is 89.3 Å². The van der Waals surface area contributed by atoms with Gasteiger partial charge in [-0.15, -0.1) is 0 Å². The molecule has 1 amide bonds. The van der Waals surface area contributed by atoms with Gasteiger partial charge in [-0.3, -0.25) is 0 Å². The quantitative estimate of drug-likeness (QED) is 0.262. The lowest BCUT2D eigenvalue weighted by molar-refractivity contribution is 0.0173. The molecule has 0 aromatic heterocycles. The van der Waals surface area contributed by atoms with E-state index in [4.69, 9.17) is 9.47 Å². The molecule has 1 aromatic rings. The lowest BCUT2D eigenvalue weighted by Gasteiger charge is -2.56. The van der Waals surface area contributed by atoms with Crippen LogP contribution in [-0.2, 0) is 9.47 Å². The first-order valence-corrected chi connectivity index (χ1v) is 29.4. The van der Waals surface area contributed by atoms with Crippen molar-refractivity contribution in [3.8, 4) is 0 Å². The monoisotopic (exact) mass is 543 g/mol. The van der Waals surface area contributed by atoms with Crippen molar-refractivity contribution in [3.63, 3.8) is 0 Å². The minimum atomic E-state index is -1.53. The topological polar surface area (TPSA) is 38.8 Å². The summed E-state index contributed by atoms with van der Waals surface area (Å²) in [7, 11) is -2.37. The Morgan fingerprint density at radius 3 is 1.82 bits per heavy atom. The first kappa shape index (κ1) is 30.7. The number of carbonyl (C=O) groups excluding carboxylic acids is 1. The first-order chi connectivity index (χ1) is 15.0. The van der Waals surface area contributed by atoms with Crippen molar-refractivity contribution >= 4 is 45.9 Å². The van der Waals surface area contributed by atoms with Crippen LogP contribution in [0.2, 0.25) is 58.9 Å². The standard InChI is InChI=1S/C24H49NO3SSi4/c1-13-28-24(26)25(21(2)23(27-3)22-17-15-14-16-18-22)19-20-29-33(30(4,5)6,31(7,8)9)32(10,11)12/h14-18,21,23H,13,19-20H2,1-12H3/t21-,23+/m0/s1. The van der Waals surface area contributed by atoms with E-state index in [1.54, 1.807) is 7.11 Å². The summed E-state index contributed by atoms with van der Waals surface area (Å²) in [4.78, 5) is 15.0. The van der Waals surface area contributed by atoms with Crippen LogP contribution < -0.4 is 0 Å². The molecule has 0 aliphatic carbocycles. The Balaban J connectivity index is 3.25. The van der Waals surface area contributed by atoms with Gasteiger partial charge >= 0.3 is 6.09 Å². The highest BCUT2D eigenvalue weighted by Crippen LogP contribution is 2.44. The molecule has 0 aliphatic heterocycles. The van der Waals surface area contributed by atoms with E-state index < -0.39 is 28.6 Å². The van der Waals surface area contributed by atoms with Crippen LogP contribution in [0.5, 0.6) is 0 Å². The van der Waals surface area contributed by atoms with Gasteiger partial charge in [0.1, 0.15) is 6.10 Å². The maximum atomic E-state index is 13.1. The van der Waals surface area contributed by atoms with Crippen molar-refractivity contribution in [2.24, 2.45) is 0 Å². The third kappa shape index (κ3) is 7.10. The van der Waals surface area contributed by atoms with Gasteiger partial charge in [-0.2, -0.15) is 11.2 Å². The van der Waals surface area contributed by atoms with Crippen LogP contribution in [0.4, 0.5) is 4.79 Å². The van der Waals surface area contributed by atoms with Gasteiger partial charge in [0.25, 0.3) is 0 Å². The van der Waals surface area contributed by atoms with Gasteiger partial charge in [0.15, 0.2) is 0 Å². The summed E-state index contributed by atoms with van der Waals surface area (Å²) < 4.78 is 11.4. The van der Waals surface area contributed by atoms with Crippen LogP contribution in [0, 0.1) is 0 Å². The fourth-order valence-electron chi connectivity index (χ4n) is 6.41. The van der Waals surface area contributed by atoms with E-state index in [0.29, 0.717) is 13.2 Å². The fourth-order valence-corrected chi connectivity index (χ4v) is 116. The molecular weight excluding hydrogens is 495 g/mol. The van der Waals surface area contributed by atoms with Crippen LogP contribution in [0.15, 0.2) is 30.3 Å². The van der Waals surface area contributed by atoms with Gasteiger partial charge in [0, 0.05) is 42.2 Å². The number of carbonyl (C=O) groups is 1. The Bertz CT molecular complexity index is 709. The first-order valence-electron chi connectivity index (χ1n) is 12.2. The highest BCUT2D eigenvalue weighted by atomic mass is 32.4. The molecular formula is C24H49NO3SSi4. The molecule has 4 nitrogen and oxygen atoms in total. The Labute approximate surface area is 211 Å². The predicted octanol–water partition coefficient (Wildman–Crippen LogP) is 7.15. The molecule has 0 saturated heterocycles. The number of nitrogens with zero attached hydrogens (tertiary/aromatic N) is 1.